The number of aliphatic carboxylic acids is 1. The number of carboxylic acids is 1. The number of benzene rings is 2. The van der Waals surface area contributed by atoms with E-state index in [9.17, 15) is 22.7 Å². The van der Waals surface area contributed by atoms with Crippen molar-refractivity contribution in [3.05, 3.63) is 78.1 Å². The second kappa shape index (κ2) is 9.32. The number of carboxylic acid groups (broad SMARTS) is 1. The molecule has 0 amide bonds. The minimum absolute atomic E-state index is 0.0655. The maximum atomic E-state index is 14.7. The molecule has 30 heavy (non-hydrogen) atoms. The van der Waals surface area contributed by atoms with Crippen LogP contribution in [0, 0.1) is 18.7 Å². The molecule has 0 spiro atoms. The summed E-state index contributed by atoms with van der Waals surface area (Å²) in [6, 6.07) is 11.6. The normalized spacial score (nSPS) is 22.5. The van der Waals surface area contributed by atoms with Gasteiger partial charge in [0.1, 0.15) is 5.82 Å². The number of halogens is 1. The van der Waals surface area contributed by atoms with Crippen molar-refractivity contribution >= 4 is 27.8 Å². The molecule has 1 fully saturated rings. The number of carbonyl (C=O) groups is 1. The van der Waals surface area contributed by atoms with E-state index in [-0.39, 0.29) is 28.7 Å². The van der Waals surface area contributed by atoms with E-state index in [0.29, 0.717) is 5.75 Å². The molecule has 0 aromatic heterocycles. The molecule has 8 heteroatoms. The van der Waals surface area contributed by atoms with Gasteiger partial charge in [-0.05, 0) is 31.5 Å². The standard InChI is InChI=1S/C22H24FNO4S2/c1-3-12-29-21-13-20(17-6-4-5-7-19(17)23)24(14-18(21)22(25)26)30(27,28)16-10-8-15(2)9-11-16/h3-11,18,20-21H,1,12-14H2,2H3,(H,25,26)/t18-,20+,21-/m1/s1. The second-order valence-corrected chi connectivity index (χ2v) is 10.4. The number of nitrogens with zero attached hydrogens (tertiary/aromatic N) is 1. The molecule has 3 rings (SSSR count). The van der Waals surface area contributed by atoms with E-state index in [1.54, 1.807) is 36.4 Å². The van der Waals surface area contributed by atoms with Crippen LogP contribution in [0.1, 0.15) is 23.6 Å². The van der Waals surface area contributed by atoms with Gasteiger partial charge in [-0.15, -0.1) is 6.58 Å². The first kappa shape index (κ1) is 22.5. The lowest BCUT2D eigenvalue weighted by molar-refractivity contribution is -0.143. The van der Waals surface area contributed by atoms with Gasteiger partial charge in [-0.3, -0.25) is 4.79 Å². The minimum atomic E-state index is -4.03. The summed E-state index contributed by atoms with van der Waals surface area (Å²) in [4.78, 5) is 12.0. The number of rotatable bonds is 7. The van der Waals surface area contributed by atoms with E-state index in [1.165, 1.54) is 30.0 Å². The number of thioether (sulfide) groups is 1. The molecule has 1 heterocycles. The van der Waals surface area contributed by atoms with Gasteiger partial charge in [0.15, 0.2) is 0 Å². The summed E-state index contributed by atoms with van der Waals surface area (Å²) in [6.45, 7) is 5.30. The quantitative estimate of drug-likeness (QED) is 0.640. The lowest BCUT2D eigenvalue weighted by Gasteiger charge is -2.41. The Morgan fingerprint density at radius 1 is 1.27 bits per heavy atom. The van der Waals surface area contributed by atoms with Crippen molar-refractivity contribution in [1.82, 2.24) is 4.31 Å². The third-order valence-electron chi connectivity index (χ3n) is 5.27. The molecule has 0 radical (unpaired) electrons. The van der Waals surface area contributed by atoms with Gasteiger partial charge in [0.2, 0.25) is 10.0 Å². The van der Waals surface area contributed by atoms with Crippen molar-refractivity contribution in [2.24, 2.45) is 5.92 Å². The van der Waals surface area contributed by atoms with Crippen molar-refractivity contribution in [3.8, 4) is 0 Å². The van der Waals surface area contributed by atoms with Crippen molar-refractivity contribution in [2.45, 2.75) is 29.5 Å². The second-order valence-electron chi connectivity index (χ2n) is 7.27. The zero-order chi connectivity index (χ0) is 21.9. The van der Waals surface area contributed by atoms with Crippen LogP contribution in [0.2, 0.25) is 0 Å². The van der Waals surface area contributed by atoms with E-state index >= 15 is 0 Å². The summed E-state index contributed by atoms with van der Waals surface area (Å²) in [5, 5.41) is 9.41. The Kier molecular flexibility index (Phi) is 7.00. The summed E-state index contributed by atoms with van der Waals surface area (Å²) >= 11 is 1.41. The Balaban J connectivity index is 2.08. The van der Waals surface area contributed by atoms with Gasteiger partial charge in [-0.1, -0.05) is 42.0 Å². The van der Waals surface area contributed by atoms with Crippen LogP contribution in [0.25, 0.3) is 0 Å². The van der Waals surface area contributed by atoms with Crippen molar-refractivity contribution in [3.63, 3.8) is 0 Å². The molecule has 1 N–H and O–H groups in total. The van der Waals surface area contributed by atoms with Crippen molar-refractivity contribution in [2.75, 3.05) is 12.3 Å². The Morgan fingerprint density at radius 3 is 2.53 bits per heavy atom. The lowest BCUT2D eigenvalue weighted by Crippen LogP contribution is -2.49. The van der Waals surface area contributed by atoms with E-state index in [1.807, 2.05) is 6.92 Å². The number of piperidine rings is 1. The van der Waals surface area contributed by atoms with E-state index in [0.717, 1.165) is 9.87 Å². The number of aryl methyl sites for hydroxylation is 1. The molecule has 0 saturated carbocycles. The first-order valence-electron chi connectivity index (χ1n) is 9.54. The van der Waals surface area contributed by atoms with E-state index in [4.69, 9.17) is 0 Å². The van der Waals surface area contributed by atoms with Gasteiger partial charge in [-0.25, -0.2) is 12.8 Å². The molecular formula is C22H24FNO4S2. The van der Waals surface area contributed by atoms with Crippen LogP contribution in [0.5, 0.6) is 0 Å². The zero-order valence-electron chi connectivity index (χ0n) is 16.6. The Bertz CT molecular complexity index is 1020. The zero-order valence-corrected chi connectivity index (χ0v) is 18.2. The van der Waals surface area contributed by atoms with Crippen LogP contribution < -0.4 is 0 Å². The third kappa shape index (κ3) is 4.61. The number of hydrogen-bond acceptors (Lipinski definition) is 4. The fourth-order valence-electron chi connectivity index (χ4n) is 3.69. The van der Waals surface area contributed by atoms with Gasteiger partial charge >= 0.3 is 5.97 Å². The number of hydrogen-bond donors (Lipinski definition) is 1. The summed E-state index contributed by atoms with van der Waals surface area (Å²) < 4.78 is 42.8. The molecule has 1 saturated heterocycles. The molecule has 5 nitrogen and oxygen atoms in total. The average molecular weight is 450 g/mol. The molecule has 0 bridgehead atoms. The van der Waals surface area contributed by atoms with Crippen LogP contribution >= 0.6 is 11.8 Å². The van der Waals surface area contributed by atoms with Gasteiger partial charge in [-0.2, -0.15) is 16.1 Å². The highest BCUT2D eigenvalue weighted by Gasteiger charge is 2.45. The van der Waals surface area contributed by atoms with Crippen LogP contribution in [0.4, 0.5) is 4.39 Å². The molecule has 2 aromatic rings. The molecule has 1 aliphatic heterocycles. The maximum absolute atomic E-state index is 14.7. The van der Waals surface area contributed by atoms with Gasteiger partial charge < -0.3 is 5.11 Å². The Hall–Kier alpha value is -2.16. The fraction of sp³-hybridized carbons (Fsp3) is 0.318. The summed E-state index contributed by atoms with van der Waals surface area (Å²) in [6.07, 6.45) is 1.87. The summed E-state index contributed by atoms with van der Waals surface area (Å²) in [5.41, 5.74) is 1.16. The van der Waals surface area contributed by atoms with Crippen LogP contribution in [0.15, 0.2) is 66.1 Å². The highest BCUT2D eigenvalue weighted by atomic mass is 32.2. The fourth-order valence-corrected chi connectivity index (χ4v) is 6.47. The van der Waals surface area contributed by atoms with Gasteiger partial charge in [0.05, 0.1) is 16.9 Å². The SMILES string of the molecule is C=CCS[C@@H]1C[C@@H](c2ccccc2F)N(S(=O)(=O)c2ccc(C)cc2)C[C@H]1C(=O)O. The lowest BCUT2D eigenvalue weighted by atomic mass is 9.90. The average Bonchev–Trinajstić information content (AvgIpc) is 2.72. The molecule has 160 valence electrons. The monoisotopic (exact) mass is 449 g/mol. The van der Waals surface area contributed by atoms with Crippen molar-refractivity contribution < 1.29 is 22.7 Å². The summed E-state index contributed by atoms with van der Waals surface area (Å²) in [5.74, 6) is -1.94. The maximum Gasteiger partial charge on any atom is 0.308 e. The Labute approximate surface area is 180 Å². The predicted octanol–water partition coefficient (Wildman–Crippen LogP) is 4.26. The highest BCUT2D eigenvalue weighted by molar-refractivity contribution is 8.00. The third-order valence-corrected chi connectivity index (χ3v) is 8.53. The topological polar surface area (TPSA) is 74.7 Å². The van der Waals surface area contributed by atoms with E-state index in [2.05, 4.69) is 6.58 Å². The largest absolute Gasteiger partial charge is 0.481 e. The van der Waals surface area contributed by atoms with Crippen molar-refractivity contribution in [1.29, 1.82) is 0 Å². The van der Waals surface area contributed by atoms with E-state index < -0.39 is 33.8 Å². The first-order valence-corrected chi connectivity index (χ1v) is 12.0. The molecule has 0 aliphatic carbocycles. The highest BCUT2D eigenvalue weighted by Crippen LogP contribution is 2.42. The molecule has 1 aliphatic rings. The number of sulfonamides is 1. The molecule has 2 aromatic carbocycles. The molecule has 0 unspecified atom stereocenters. The molecular weight excluding hydrogens is 425 g/mol. The van der Waals surface area contributed by atoms with Crippen LogP contribution in [-0.4, -0.2) is 41.3 Å². The van der Waals surface area contributed by atoms with Crippen LogP contribution in [0.3, 0.4) is 0 Å². The smallest absolute Gasteiger partial charge is 0.308 e. The Morgan fingerprint density at radius 2 is 1.93 bits per heavy atom. The van der Waals surface area contributed by atoms with Gasteiger partial charge in [0, 0.05) is 23.1 Å². The van der Waals surface area contributed by atoms with Gasteiger partial charge in [0.25, 0.3) is 0 Å². The first-order chi connectivity index (χ1) is 14.3. The molecule has 3 atom stereocenters. The minimum Gasteiger partial charge on any atom is -0.481 e. The predicted molar refractivity (Wildman–Crippen MR) is 116 cm³/mol. The summed E-state index contributed by atoms with van der Waals surface area (Å²) in [7, 11) is -4.03. The van der Waals surface area contributed by atoms with Crippen LogP contribution in [-0.2, 0) is 14.8 Å².